The van der Waals surface area contributed by atoms with Crippen molar-refractivity contribution in [3.05, 3.63) is 72.2 Å². The third-order valence-electron chi connectivity index (χ3n) is 5.40. The number of benzene rings is 2. The van der Waals surface area contributed by atoms with Crippen molar-refractivity contribution >= 4 is 16.8 Å². The summed E-state index contributed by atoms with van der Waals surface area (Å²) in [7, 11) is 1.96. The van der Waals surface area contributed by atoms with Gasteiger partial charge in [0.2, 0.25) is 11.7 Å². The first-order chi connectivity index (χ1) is 13.7. The van der Waals surface area contributed by atoms with E-state index in [1.165, 1.54) is 0 Å². The van der Waals surface area contributed by atoms with Gasteiger partial charge in [-0.3, -0.25) is 4.79 Å². The Hall–Kier alpha value is -3.41. The molecule has 2 aromatic heterocycles. The van der Waals surface area contributed by atoms with Crippen LogP contribution in [0, 0.1) is 0 Å². The van der Waals surface area contributed by atoms with Gasteiger partial charge in [0.25, 0.3) is 5.91 Å². The lowest BCUT2D eigenvalue weighted by molar-refractivity contribution is 0.0712. The Morgan fingerprint density at radius 1 is 1.11 bits per heavy atom. The fourth-order valence-electron chi connectivity index (χ4n) is 4.01. The molecule has 28 heavy (non-hydrogen) atoms. The third kappa shape index (κ3) is 2.69. The number of nitrogens with zero attached hydrogens (tertiary/aromatic N) is 4. The molecule has 0 radical (unpaired) electrons. The molecule has 6 heteroatoms. The molecule has 0 saturated carbocycles. The van der Waals surface area contributed by atoms with E-state index in [1.807, 2.05) is 77.3 Å². The molecule has 5 rings (SSSR count). The zero-order valence-corrected chi connectivity index (χ0v) is 15.6. The standard InChI is InChI=1S/C22H20N4O2/c1-25-14-17(16-10-5-6-11-18(16)25)22(27)26-13-7-12-19(26)21-23-20(24-28-21)15-8-3-2-4-9-15/h2-6,8-11,14,19H,7,12-13H2,1H3/t19-/m0/s1. The predicted octanol–water partition coefficient (Wildman–Crippen LogP) is 4.21. The maximum atomic E-state index is 13.4. The molecule has 6 nitrogen and oxygen atoms in total. The largest absolute Gasteiger partial charge is 0.350 e. The van der Waals surface area contributed by atoms with Gasteiger partial charge in [-0.05, 0) is 18.9 Å². The molecule has 3 heterocycles. The molecule has 1 atom stereocenters. The Morgan fingerprint density at radius 3 is 2.75 bits per heavy atom. The van der Waals surface area contributed by atoms with Gasteiger partial charge >= 0.3 is 0 Å². The van der Waals surface area contributed by atoms with Gasteiger partial charge < -0.3 is 14.0 Å². The SMILES string of the molecule is Cn1cc(C(=O)N2CCC[C@H]2c2nc(-c3ccccc3)no2)c2ccccc21. The summed E-state index contributed by atoms with van der Waals surface area (Å²) in [5, 5.41) is 5.09. The van der Waals surface area contributed by atoms with E-state index in [2.05, 4.69) is 10.1 Å². The third-order valence-corrected chi connectivity index (χ3v) is 5.40. The molecular weight excluding hydrogens is 352 g/mol. The number of amides is 1. The summed E-state index contributed by atoms with van der Waals surface area (Å²) in [6.45, 7) is 0.690. The van der Waals surface area contributed by atoms with Crippen LogP contribution in [0.25, 0.3) is 22.3 Å². The van der Waals surface area contributed by atoms with Crippen LogP contribution in [-0.2, 0) is 7.05 Å². The van der Waals surface area contributed by atoms with Gasteiger partial charge in [-0.25, -0.2) is 0 Å². The second-order valence-corrected chi connectivity index (χ2v) is 7.15. The van der Waals surface area contributed by atoms with E-state index in [4.69, 9.17) is 4.52 Å². The summed E-state index contributed by atoms with van der Waals surface area (Å²) >= 11 is 0. The zero-order chi connectivity index (χ0) is 19.1. The Bertz CT molecular complexity index is 1150. The lowest BCUT2D eigenvalue weighted by atomic mass is 10.1. The van der Waals surface area contributed by atoms with Gasteiger partial charge in [0, 0.05) is 36.3 Å². The minimum absolute atomic E-state index is 0.0127. The minimum atomic E-state index is -0.184. The number of hydrogen-bond donors (Lipinski definition) is 0. The first kappa shape index (κ1) is 16.7. The highest BCUT2D eigenvalue weighted by molar-refractivity contribution is 6.07. The molecule has 1 saturated heterocycles. The van der Waals surface area contributed by atoms with Gasteiger partial charge in [-0.2, -0.15) is 4.98 Å². The smallest absolute Gasteiger partial charge is 0.256 e. The van der Waals surface area contributed by atoms with Crippen molar-refractivity contribution in [1.82, 2.24) is 19.6 Å². The zero-order valence-electron chi connectivity index (χ0n) is 15.6. The van der Waals surface area contributed by atoms with Crippen molar-refractivity contribution in [3.63, 3.8) is 0 Å². The maximum Gasteiger partial charge on any atom is 0.256 e. The molecule has 0 N–H and O–H groups in total. The highest BCUT2D eigenvalue weighted by atomic mass is 16.5. The Labute approximate surface area is 162 Å². The second kappa shape index (κ2) is 6.64. The monoisotopic (exact) mass is 372 g/mol. The van der Waals surface area contributed by atoms with Crippen LogP contribution in [0.2, 0.25) is 0 Å². The van der Waals surface area contributed by atoms with E-state index in [-0.39, 0.29) is 11.9 Å². The first-order valence-corrected chi connectivity index (χ1v) is 9.46. The van der Waals surface area contributed by atoms with Crippen LogP contribution in [0.5, 0.6) is 0 Å². The van der Waals surface area contributed by atoms with Crippen molar-refractivity contribution in [2.45, 2.75) is 18.9 Å². The highest BCUT2D eigenvalue weighted by Crippen LogP contribution is 2.34. The van der Waals surface area contributed by atoms with Gasteiger partial charge in [0.1, 0.15) is 6.04 Å². The van der Waals surface area contributed by atoms with E-state index in [0.717, 1.165) is 29.3 Å². The molecule has 0 bridgehead atoms. The summed E-state index contributed by atoms with van der Waals surface area (Å²) in [5.74, 6) is 1.07. The lowest BCUT2D eigenvalue weighted by Gasteiger charge is -2.21. The average Bonchev–Trinajstić information content (AvgIpc) is 3.47. The number of carbonyl (C=O) groups excluding carboxylic acids is 1. The van der Waals surface area contributed by atoms with E-state index in [9.17, 15) is 4.79 Å². The van der Waals surface area contributed by atoms with Gasteiger partial charge in [-0.15, -0.1) is 0 Å². The normalized spacial score (nSPS) is 16.8. The summed E-state index contributed by atoms with van der Waals surface area (Å²) in [4.78, 5) is 19.8. The topological polar surface area (TPSA) is 64.2 Å². The Balaban J connectivity index is 1.47. The number of para-hydroxylation sites is 1. The summed E-state index contributed by atoms with van der Waals surface area (Å²) < 4.78 is 7.55. The van der Waals surface area contributed by atoms with Crippen molar-refractivity contribution in [2.75, 3.05) is 6.54 Å². The molecule has 140 valence electrons. The summed E-state index contributed by atoms with van der Waals surface area (Å²) in [6.07, 6.45) is 3.66. The molecule has 0 unspecified atom stereocenters. The number of rotatable bonds is 3. The van der Waals surface area contributed by atoms with E-state index in [0.29, 0.717) is 23.8 Å². The fraction of sp³-hybridized carbons (Fsp3) is 0.227. The van der Waals surface area contributed by atoms with E-state index < -0.39 is 0 Å². The van der Waals surface area contributed by atoms with Crippen LogP contribution in [0.1, 0.15) is 35.1 Å². The molecule has 2 aromatic carbocycles. The number of carbonyl (C=O) groups is 1. The molecule has 4 aromatic rings. The number of hydrogen-bond acceptors (Lipinski definition) is 4. The van der Waals surface area contributed by atoms with Crippen LogP contribution < -0.4 is 0 Å². The lowest BCUT2D eigenvalue weighted by Crippen LogP contribution is -2.30. The average molecular weight is 372 g/mol. The van der Waals surface area contributed by atoms with Crippen molar-refractivity contribution in [1.29, 1.82) is 0 Å². The molecule has 1 fully saturated rings. The van der Waals surface area contributed by atoms with E-state index in [1.54, 1.807) is 0 Å². The van der Waals surface area contributed by atoms with Crippen LogP contribution >= 0.6 is 0 Å². The molecule has 1 amide bonds. The number of fused-ring (bicyclic) bond motifs is 1. The minimum Gasteiger partial charge on any atom is -0.350 e. The van der Waals surface area contributed by atoms with Gasteiger partial charge in [0.05, 0.1) is 5.56 Å². The Kier molecular flexibility index (Phi) is 3.97. The first-order valence-electron chi connectivity index (χ1n) is 9.46. The van der Waals surface area contributed by atoms with Gasteiger partial charge in [0.15, 0.2) is 0 Å². The molecule has 0 spiro atoms. The summed E-state index contributed by atoms with van der Waals surface area (Å²) in [5.41, 5.74) is 2.67. The van der Waals surface area contributed by atoms with Crippen LogP contribution in [0.4, 0.5) is 0 Å². The maximum absolute atomic E-state index is 13.4. The van der Waals surface area contributed by atoms with Crippen LogP contribution in [0.3, 0.4) is 0 Å². The number of aryl methyl sites for hydroxylation is 1. The summed E-state index contributed by atoms with van der Waals surface area (Å²) in [6, 6.07) is 17.5. The van der Waals surface area contributed by atoms with E-state index >= 15 is 0 Å². The molecular formula is C22H20N4O2. The second-order valence-electron chi connectivity index (χ2n) is 7.15. The number of likely N-dealkylation sites (tertiary alicyclic amines) is 1. The molecule has 1 aliphatic rings. The molecule has 1 aliphatic heterocycles. The van der Waals surface area contributed by atoms with Crippen molar-refractivity contribution in [3.8, 4) is 11.4 Å². The van der Waals surface area contributed by atoms with Crippen molar-refractivity contribution in [2.24, 2.45) is 7.05 Å². The predicted molar refractivity (Wildman–Crippen MR) is 106 cm³/mol. The van der Waals surface area contributed by atoms with Crippen molar-refractivity contribution < 1.29 is 9.32 Å². The number of aromatic nitrogens is 3. The quantitative estimate of drug-likeness (QED) is 0.540. The Morgan fingerprint density at radius 2 is 1.89 bits per heavy atom. The van der Waals surface area contributed by atoms with Gasteiger partial charge in [-0.1, -0.05) is 53.7 Å². The highest BCUT2D eigenvalue weighted by Gasteiger charge is 2.35. The van der Waals surface area contributed by atoms with Crippen LogP contribution in [0.15, 0.2) is 65.3 Å². The molecule has 0 aliphatic carbocycles. The van der Waals surface area contributed by atoms with Crippen LogP contribution in [-0.4, -0.2) is 32.1 Å². The fourth-order valence-corrected chi connectivity index (χ4v) is 4.01.